The van der Waals surface area contributed by atoms with Gasteiger partial charge in [0.1, 0.15) is 6.04 Å². The van der Waals surface area contributed by atoms with Crippen LogP contribution < -0.4 is 10.0 Å². The minimum absolute atomic E-state index is 0.0557. The first kappa shape index (κ1) is 23.5. The lowest BCUT2D eigenvalue weighted by atomic mass is 9.74. The Labute approximate surface area is 177 Å². The molecule has 0 spiro atoms. The van der Waals surface area contributed by atoms with Crippen LogP contribution in [0.3, 0.4) is 0 Å². The van der Waals surface area contributed by atoms with E-state index in [9.17, 15) is 13.2 Å². The van der Waals surface area contributed by atoms with Gasteiger partial charge in [0.2, 0.25) is 15.9 Å². The third kappa shape index (κ3) is 6.62. The average Bonchev–Trinajstić information content (AvgIpc) is 2.70. The molecule has 2 N–H and O–H groups in total. The maximum atomic E-state index is 12.8. The highest BCUT2D eigenvalue weighted by Gasteiger charge is 2.36. The number of amides is 1. The fourth-order valence-electron chi connectivity index (χ4n) is 3.31. The molecule has 1 heterocycles. The highest BCUT2D eigenvalue weighted by atomic mass is 35.5. The van der Waals surface area contributed by atoms with Crippen LogP contribution in [0.5, 0.6) is 0 Å². The molecule has 0 bridgehead atoms. The minimum Gasteiger partial charge on any atom is -0.381 e. The van der Waals surface area contributed by atoms with Crippen molar-refractivity contribution in [1.29, 1.82) is 0 Å². The highest BCUT2D eigenvalue weighted by molar-refractivity contribution is 7.98. The van der Waals surface area contributed by atoms with E-state index < -0.39 is 16.1 Å². The number of nitrogens with one attached hydrogen (secondary N) is 2. The number of benzene rings is 1. The number of carbonyl (C=O) groups is 1. The van der Waals surface area contributed by atoms with Crippen LogP contribution in [0, 0.1) is 0 Å². The Bertz CT molecular complexity index is 752. The van der Waals surface area contributed by atoms with Crippen molar-refractivity contribution in [2.24, 2.45) is 0 Å². The summed E-state index contributed by atoms with van der Waals surface area (Å²) in [4.78, 5) is 12.8. The topological polar surface area (TPSA) is 84.5 Å². The molecule has 28 heavy (non-hydrogen) atoms. The molecule has 0 saturated carbocycles. The number of rotatable bonds is 10. The molecule has 1 aromatic carbocycles. The van der Waals surface area contributed by atoms with E-state index in [0.717, 1.165) is 18.4 Å². The van der Waals surface area contributed by atoms with Crippen molar-refractivity contribution in [3.63, 3.8) is 0 Å². The van der Waals surface area contributed by atoms with Gasteiger partial charge in [-0.2, -0.15) is 11.8 Å². The Hall–Kier alpha value is -0.800. The summed E-state index contributed by atoms with van der Waals surface area (Å²) in [7, 11) is -3.47. The number of sulfonamides is 1. The van der Waals surface area contributed by atoms with Crippen molar-refractivity contribution in [2.75, 3.05) is 37.5 Å². The molecule has 1 amide bonds. The van der Waals surface area contributed by atoms with Crippen LogP contribution >= 0.6 is 23.4 Å². The highest BCUT2D eigenvalue weighted by Crippen LogP contribution is 2.35. The number of hydrogen-bond acceptors (Lipinski definition) is 5. The zero-order valence-electron chi connectivity index (χ0n) is 16.4. The fourth-order valence-corrected chi connectivity index (χ4v) is 4.79. The Morgan fingerprint density at radius 2 is 2.07 bits per heavy atom. The van der Waals surface area contributed by atoms with Gasteiger partial charge in [-0.1, -0.05) is 23.7 Å². The summed E-state index contributed by atoms with van der Waals surface area (Å²) in [5.74, 6) is 0.344. The number of ether oxygens (including phenoxy) is 1. The van der Waals surface area contributed by atoms with Gasteiger partial charge in [0.05, 0.1) is 5.75 Å². The molecule has 2 rings (SSSR count). The predicted molar refractivity (Wildman–Crippen MR) is 116 cm³/mol. The molecule has 1 aliphatic heterocycles. The summed E-state index contributed by atoms with van der Waals surface area (Å²) in [6.07, 6.45) is 3.91. The summed E-state index contributed by atoms with van der Waals surface area (Å²) >= 11 is 7.77. The summed E-state index contributed by atoms with van der Waals surface area (Å²) in [5, 5.41) is 3.65. The van der Waals surface area contributed by atoms with Gasteiger partial charge in [0.15, 0.2) is 0 Å². The molecule has 0 radical (unpaired) electrons. The SMILES string of the molecule is CCS(=O)(=O)NC(CCSC)C(=O)NCC1(c2cccc(Cl)c2)CCOCC1. The summed E-state index contributed by atoms with van der Waals surface area (Å²) in [6.45, 7) is 3.20. The summed E-state index contributed by atoms with van der Waals surface area (Å²) in [5.41, 5.74) is 0.797. The van der Waals surface area contributed by atoms with Crippen LogP contribution in [0.4, 0.5) is 0 Å². The maximum absolute atomic E-state index is 12.8. The normalized spacial score (nSPS) is 17.8. The molecule has 1 aliphatic rings. The van der Waals surface area contributed by atoms with Crippen molar-refractivity contribution < 1.29 is 17.9 Å². The summed E-state index contributed by atoms with van der Waals surface area (Å²) < 4.78 is 32.0. The van der Waals surface area contributed by atoms with E-state index in [1.165, 1.54) is 0 Å². The average molecular weight is 449 g/mol. The van der Waals surface area contributed by atoms with E-state index in [4.69, 9.17) is 16.3 Å². The van der Waals surface area contributed by atoms with Crippen molar-refractivity contribution >= 4 is 39.3 Å². The van der Waals surface area contributed by atoms with Crippen LogP contribution in [-0.2, 0) is 25.0 Å². The van der Waals surface area contributed by atoms with Gasteiger partial charge in [-0.05, 0) is 55.9 Å². The first-order chi connectivity index (χ1) is 13.3. The van der Waals surface area contributed by atoms with Crippen molar-refractivity contribution in [3.05, 3.63) is 34.9 Å². The molecule has 6 nitrogen and oxygen atoms in total. The quantitative estimate of drug-likeness (QED) is 0.574. The zero-order chi connectivity index (χ0) is 20.6. The predicted octanol–water partition coefficient (Wildman–Crippen LogP) is 2.57. The van der Waals surface area contributed by atoms with E-state index in [2.05, 4.69) is 10.0 Å². The molecule has 1 fully saturated rings. The Morgan fingerprint density at radius 3 is 2.68 bits per heavy atom. The van der Waals surface area contributed by atoms with Gasteiger partial charge in [0.25, 0.3) is 0 Å². The van der Waals surface area contributed by atoms with E-state index >= 15 is 0 Å². The fraction of sp³-hybridized carbons (Fsp3) is 0.632. The van der Waals surface area contributed by atoms with Crippen LogP contribution in [0.1, 0.15) is 31.7 Å². The Morgan fingerprint density at radius 1 is 1.36 bits per heavy atom. The lowest BCUT2D eigenvalue weighted by Crippen LogP contribution is -2.51. The molecule has 0 aromatic heterocycles. The molecule has 0 aliphatic carbocycles. The molecular weight excluding hydrogens is 420 g/mol. The monoisotopic (exact) mass is 448 g/mol. The number of carbonyl (C=O) groups excluding carboxylic acids is 1. The number of thioether (sulfide) groups is 1. The number of halogens is 1. The molecule has 158 valence electrons. The maximum Gasteiger partial charge on any atom is 0.238 e. The Kier molecular flexibility index (Phi) is 9.08. The van der Waals surface area contributed by atoms with Gasteiger partial charge < -0.3 is 10.1 Å². The third-order valence-electron chi connectivity index (χ3n) is 5.12. The number of hydrogen-bond donors (Lipinski definition) is 2. The molecular formula is C19H29ClN2O4S2. The Balaban J connectivity index is 2.14. The molecule has 9 heteroatoms. The van der Waals surface area contributed by atoms with Crippen molar-refractivity contribution in [1.82, 2.24) is 10.0 Å². The van der Waals surface area contributed by atoms with Crippen molar-refractivity contribution in [2.45, 2.75) is 37.6 Å². The van der Waals surface area contributed by atoms with Gasteiger partial charge in [-0.3, -0.25) is 4.79 Å². The van der Waals surface area contributed by atoms with E-state index in [0.29, 0.717) is 37.0 Å². The van der Waals surface area contributed by atoms with Crippen molar-refractivity contribution in [3.8, 4) is 0 Å². The van der Waals surface area contributed by atoms with E-state index in [1.54, 1.807) is 18.7 Å². The third-order valence-corrected chi connectivity index (χ3v) is 7.40. The molecule has 1 aromatic rings. The van der Waals surface area contributed by atoms with Crippen LogP contribution in [0.25, 0.3) is 0 Å². The van der Waals surface area contributed by atoms with Gasteiger partial charge in [-0.15, -0.1) is 0 Å². The van der Waals surface area contributed by atoms with Gasteiger partial charge in [0, 0.05) is 30.2 Å². The molecule has 1 saturated heterocycles. The van der Waals surface area contributed by atoms with Crippen LogP contribution in [0.15, 0.2) is 24.3 Å². The standard InChI is InChI=1S/C19H29ClN2O4S2/c1-3-28(24,25)22-17(7-12-27-2)18(23)21-14-19(8-10-26-11-9-19)15-5-4-6-16(20)13-15/h4-6,13,17,22H,3,7-12,14H2,1-2H3,(H,21,23). The van der Waals surface area contributed by atoms with E-state index in [-0.39, 0.29) is 17.1 Å². The lowest BCUT2D eigenvalue weighted by molar-refractivity contribution is -0.123. The zero-order valence-corrected chi connectivity index (χ0v) is 18.8. The lowest BCUT2D eigenvalue weighted by Gasteiger charge is -2.38. The second-order valence-electron chi connectivity index (χ2n) is 6.98. The molecule has 1 atom stereocenters. The van der Waals surface area contributed by atoms with Crippen LogP contribution in [-0.4, -0.2) is 57.9 Å². The largest absolute Gasteiger partial charge is 0.381 e. The second kappa shape index (κ2) is 10.8. The van der Waals surface area contributed by atoms with Gasteiger partial charge in [-0.25, -0.2) is 13.1 Å². The smallest absolute Gasteiger partial charge is 0.238 e. The van der Waals surface area contributed by atoms with Gasteiger partial charge >= 0.3 is 0 Å². The van der Waals surface area contributed by atoms with E-state index in [1.807, 2.05) is 30.5 Å². The molecule has 1 unspecified atom stereocenters. The minimum atomic E-state index is -3.47. The first-order valence-corrected chi connectivity index (χ1v) is 12.8. The van der Waals surface area contributed by atoms with Crippen LogP contribution in [0.2, 0.25) is 5.02 Å². The second-order valence-corrected chi connectivity index (χ2v) is 10.4. The summed E-state index contributed by atoms with van der Waals surface area (Å²) in [6, 6.07) is 6.93. The first-order valence-electron chi connectivity index (χ1n) is 9.42.